The molecule has 48 heavy (non-hydrogen) atoms. The molecule has 1 unspecified atom stereocenters. The average molecular weight is 693 g/mol. The van der Waals surface area contributed by atoms with E-state index < -0.39 is 0 Å². The van der Waals surface area contributed by atoms with Gasteiger partial charge in [0.25, 0.3) is 0 Å². The van der Waals surface area contributed by atoms with Crippen LogP contribution in [-0.2, 0) is 17.9 Å². The van der Waals surface area contributed by atoms with Crippen molar-refractivity contribution in [2.24, 2.45) is 0 Å². The third kappa shape index (κ3) is 6.97. The number of nitrogens with one attached hydrogen (secondary N) is 2. The van der Waals surface area contributed by atoms with Crippen molar-refractivity contribution in [1.29, 1.82) is 0 Å². The Balaban J connectivity index is 1.25. The third-order valence-electron chi connectivity index (χ3n) is 9.21. The van der Waals surface area contributed by atoms with Crippen molar-refractivity contribution in [3.8, 4) is 45.4 Å². The second kappa shape index (κ2) is 14.7. The van der Waals surface area contributed by atoms with Crippen molar-refractivity contribution >= 4 is 29.1 Å². The number of ether oxygens (including phenoxy) is 2. The molecule has 2 aliphatic heterocycles. The second-order valence-corrected chi connectivity index (χ2v) is 13.1. The second-order valence-electron chi connectivity index (χ2n) is 12.4. The average Bonchev–Trinajstić information content (AvgIpc) is 3.69. The Morgan fingerprint density at radius 1 is 0.958 bits per heavy atom. The van der Waals surface area contributed by atoms with E-state index >= 15 is 0 Å². The highest BCUT2D eigenvalue weighted by Gasteiger charge is 2.36. The lowest BCUT2D eigenvalue weighted by Crippen LogP contribution is -2.43. The molecule has 13 heteroatoms. The molecule has 4 aromatic rings. The van der Waals surface area contributed by atoms with Crippen LogP contribution in [0.15, 0.2) is 48.8 Å². The molecule has 11 nitrogen and oxygen atoms in total. The molecule has 2 aromatic heterocycles. The lowest BCUT2D eigenvalue weighted by molar-refractivity contribution is -0.119. The van der Waals surface area contributed by atoms with Gasteiger partial charge >= 0.3 is 0 Å². The van der Waals surface area contributed by atoms with Crippen molar-refractivity contribution < 1.29 is 19.4 Å². The molecule has 2 atom stereocenters. The highest BCUT2D eigenvalue weighted by molar-refractivity contribution is 6.39. The summed E-state index contributed by atoms with van der Waals surface area (Å²) in [5.74, 6) is 0.885. The Morgan fingerprint density at radius 2 is 1.54 bits per heavy atom. The maximum Gasteiger partial charge on any atom is 0.237 e. The molecule has 4 heterocycles. The van der Waals surface area contributed by atoms with E-state index in [-0.39, 0.29) is 24.1 Å². The Labute approximate surface area is 290 Å². The predicted molar refractivity (Wildman–Crippen MR) is 185 cm³/mol. The van der Waals surface area contributed by atoms with Gasteiger partial charge in [0.2, 0.25) is 17.7 Å². The number of rotatable bonds is 12. The fraction of sp³-hybridized carbons (Fsp3) is 0.400. The number of aromatic nitrogens is 4. The summed E-state index contributed by atoms with van der Waals surface area (Å²) in [5, 5.41) is 17.2. The van der Waals surface area contributed by atoms with Gasteiger partial charge in [-0.15, -0.1) is 0 Å². The zero-order valence-corrected chi connectivity index (χ0v) is 28.7. The minimum Gasteiger partial charge on any atom is -0.480 e. The van der Waals surface area contributed by atoms with Gasteiger partial charge in [0.15, 0.2) is 0 Å². The van der Waals surface area contributed by atoms with Gasteiger partial charge in [-0.25, -0.2) is 9.97 Å². The fourth-order valence-electron chi connectivity index (χ4n) is 6.39. The molecular formula is C35H39Cl2N7O4. The van der Waals surface area contributed by atoms with E-state index in [1.54, 1.807) is 26.6 Å². The summed E-state index contributed by atoms with van der Waals surface area (Å²) in [6, 6.07) is 11.5. The van der Waals surface area contributed by atoms with Crippen LogP contribution in [-0.4, -0.2) is 81.3 Å². The number of aliphatic hydroxyl groups is 1. The molecule has 2 saturated heterocycles. The van der Waals surface area contributed by atoms with E-state index in [0.29, 0.717) is 81.8 Å². The van der Waals surface area contributed by atoms with Crippen molar-refractivity contribution in [3.05, 3.63) is 70.2 Å². The van der Waals surface area contributed by atoms with Crippen molar-refractivity contribution in [3.63, 3.8) is 0 Å². The van der Waals surface area contributed by atoms with E-state index in [4.69, 9.17) is 47.6 Å². The first-order valence-corrected chi connectivity index (χ1v) is 16.7. The first-order chi connectivity index (χ1) is 23.2. The van der Waals surface area contributed by atoms with E-state index in [1.165, 1.54) is 0 Å². The van der Waals surface area contributed by atoms with Crippen molar-refractivity contribution in [1.82, 2.24) is 35.5 Å². The van der Waals surface area contributed by atoms with Crippen LogP contribution in [0.2, 0.25) is 10.0 Å². The molecule has 1 amide bonds. The van der Waals surface area contributed by atoms with Crippen molar-refractivity contribution in [2.75, 3.05) is 33.9 Å². The Morgan fingerprint density at radius 3 is 2.10 bits per heavy atom. The quantitative estimate of drug-likeness (QED) is 0.180. The van der Waals surface area contributed by atoms with Gasteiger partial charge in [0.05, 0.1) is 54.7 Å². The van der Waals surface area contributed by atoms with E-state index in [9.17, 15) is 9.90 Å². The molecule has 3 N–H and O–H groups in total. The fourth-order valence-corrected chi connectivity index (χ4v) is 7.04. The number of hydrogen-bond acceptors (Lipinski definition) is 10. The van der Waals surface area contributed by atoms with Gasteiger partial charge in [-0.1, -0.05) is 59.6 Å². The number of likely N-dealkylation sites (tertiary alicyclic amines) is 1. The minimum atomic E-state index is -0.289. The summed E-state index contributed by atoms with van der Waals surface area (Å²) in [6.45, 7) is 4.62. The highest BCUT2D eigenvalue weighted by atomic mass is 35.5. The summed E-state index contributed by atoms with van der Waals surface area (Å²) in [5.41, 5.74) is 4.99. The van der Waals surface area contributed by atoms with Crippen LogP contribution in [0.5, 0.6) is 11.8 Å². The summed E-state index contributed by atoms with van der Waals surface area (Å²) >= 11 is 14.1. The zero-order valence-electron chi connectivity index (χ0n) is 27.2. The number of benzene rings is 2. The third-order valence-corrected chi connectivity index (χ3v) is 10.0. The molecular weight excluding hydrogens is 653 g/mol. The Hall–Kier alpha value is -3.87. The maximum absolute atomic E-state index is 11.5. The lowest BCUT2D eigenvalue weighted by atomic mass is 9.98. The van der Waals surface area contributed by atoms with Gasteiger partial charge in [0, 0.05) is 59.9 Å². The number of aliphatic hydroxyl groups excluding tert-OH is 1. The molecule has 2 aromatic carbocycles. The number of carbonyl (C=O) groups is 1. The Kier molecular flexibility index (Phi) is 10.4. The first-order valence-electron chi connectivity index (χ1n) is 16.0. The molecule has 0 bridgehead atoms. The van der Waals surface area contributed by atoms with Crippen LogP contribution in [0.1, 0.15) is 44.0 Å². The van der Waals surface area contributed by atoms with E-state index in [2.05, 4.69) is 27.4 Å². The molecule has 2 fully saturated rings. The van der Waals surface area contributed by atoms with E-state index in [1.807, 2.05) is 36.4 Å². The van der Waals surface area contributed by atoms with Gasteiger partial charge < -0.3 is 25.2 Å². The van der Waals surface area contributed by atoms with Crippen LogP contribution in [0.3, 0.4) is 0 Å². The molecule has 0 aliphatic carbocycles. The number of methoxy groups -OCH3 is 2. The van der Waals surface area contributed by atoms with E-state index in [0.717, 1.165) is 36.9 Å². The molecule has 0 radical (unpaired) electrons. The number of carbonyl (C=O) groups excluding carboxylic acids is 1. The number of nitrogens with zero attached hydrogens (tertiary/aromatic N) is 5. The minimum absolute atomic E-state index is 0.0825. The van der Waals surface area contributed by atoms with Gasteiger partial charge in [0.1, 0.15) is 11.4 Å². The molecule has 6 rings (SSSR count). The largest absolute Gasteiger partial charge is 0.480 e. The van der Waals surface area contributed by atoms with Crippen LogP contribution in [0.4, 0.5) is 0 Å². The van der Waals surface area contributed by atoms with Crippen molar-refractivity contribution in [2.45, 2.75) is 57.3 Å². The van der Waals surface area contributed by atoms with Crippen LogP contribution in [0, 0.1) is 0 Å². The van der Waals surface area contributed by atoms with Gasteiger partial charge in [-0.05, 0) is 32.7 Å². The highest BCUT2D eigenvalue weighted by Crippen LogP contribution is 2.42. The summed E-state index contributed by atoms with van der Waals surface area (Å²) in [7, 11) is 3.13. The Bertz CT molecular complexity index is 1810. The SMILES string of the molecule is COc1nc(-c2cccc(-c3cccc(-c4cnc(CN5CCCC5(C)CO)c(OC)n4)c3Cl)c2Cl)cnc1CNC[C@@H]1CCC(=O)N1. The monoisotopic (exact) mass is 691 g/mol. The predicted octanol–water partition coefficient (Wildman–Crippen LogP) is 5.31. The standard InChI is InChI=1S/C35H39Cl2N7O4/c1-35(20-45)13-6-14-44(35)19-29-34(48-3)43-27(18-40-29)25-10-5-8-23(32(25)37)22-7-4-9-24(31(22)36)26-17-39-28(33(42-26)47-2)16-38-15-21-11-12-30(46)41-21/h4-5,7-10,17-18,21,38,45H,6,11-16,19-20H2,1-3H3,(H,41,46)/t21-,35?/m0/s1. The van der Waals surface area contributed by atoms with Gasteiger partial charge in [-0.2, -0.15) is 0 Å². The van der Waals surface area contributed by atoms with Crippen LogP contribution in [0.25, 0.3) is 33.6 Å². The van der Waals surface area contributed by atoms with Crippen LogP contribution < -0.4 is 20.1 Å². The van der Waals surface area contributed by atoms with Gasteiger partial charge in [-0.3, -0.25) is 19.7 Å². The molecule has 0 saturated carbocycles. The number of amides is 1. The topological polar surface area (TPSA) is 135 Å². The maximum atomic E-state index is 11.5. The first kappa shape index (κ1) is 34.0. The number of halogens is 2. The van der Waals surface area contributed by atoms with Crippen LogP contribution >= 0.6 is 23.2 Å². The summed E-state index contributed by atoms with van der Waals surface area (Å²) < 4.78 is 11.2. The lowest BCUT2D eigenvalue weighted by Gasteiger charge is -2.33. The smallest absolute Gasteiger partial charge is 0.237 e. The summed E-state index contributed by atoms with van der Waals surface area (Å²) in [4.78, 5) is 32.6. The summed E-state index contributed by atoms with van der Waals surface area (Å²) in [6.07, 6.45) is 6.69. The molecule has 252 valence electrons. The normalized spacial score (nSPS) is 19.5. The molecule has 0 spiro atoms. The zero-order chi connectivity index (χ0) is 33.8. The molecule has 2 aliphatic rings. The number of hydrogen-bond donors (Lipinski definition) is 3.